The van der Waals surface area contributed by atoms with Crippen LogP contribution in [0.5, 0.6) is 0 Å². The van der Waals surface area contributed by atoms with Crippen molar-refractivity contribution in [3.05, 3.63) is 76.2 Å². The number of rotatable bonds is 5. The Hall–Kier alpha value is -3.62. The van der Waals surface area contributed by atoms with E-state index in [9.17, 15) is 27.6 Å². The smallest absolute Gasteiger partial charge is 0.368 e. The van der Waals surface area contributed by atoms with Crippen LogP contribution in [0.4, 0.5) is 18.9 Å². The van der Waals surface area contributed by atoms with Crippen LogP contribution in [-0.2, 0) is 22.2 Å². The van der Waals surface area contributed by atoms with Crippen LogP contribution in [0.2, 0.25) is 0 Å². The number of pyridine rings is 1. The van der Waals surface area contributed by atoms with Crippen molar-refractivity contribution in [2.24, 2.45) is 5.73 Å². The number of hydrogen-bond acceptors (Lipinski definition) is 3. The first-order valence-corrected chi connectivity index (χ1v) is 8.97. The average molecular weight is 417 g/mol. The predicted octanol–water partition coefficient (Wildman–Crippen LogP) is 3.25. The molecule has 0 radical (unpaired) electrons. The first kappa shape index (κ1) is 21.1. The van der Waals surface area contributed by atoms with Crippen LogP contribution in [-0.4, -0.2) is 16.4 Å². The van der Waals surface area contributed by atoms with E-state index in [0.29, 0.717) is 11.1 Å². The number of nitrogens with two attached hydrogens (primary N) is 1. The number of nitrogens with zero attached hydrogens (tertiary/aromatic N) is 1. The number of aromatic nitrogens is 1. The molecule has 3 N–H and O–H groups in total. The zero-order chi connectivity index (χ0) is 22.1. The van der Waals surface area contributed by atoms with Gasteiger partial charge in [-0.2, -0.15) is 13.2 Å². The molecule has 30 heavy (non-hydrogen) atoms. The third kappa shape index (κ3) is 4.35. The minimum absolute atomic E-state index is 0.209. The summed E-state index contributed by atoms with van der Waals surface area (Å²) in [6, 6.07) is 9.93. The lowest BCUT2D eigenvalue weighted by Crippen LogP contribution is -2.31. The van der Waals surface area contributed by atoms with Gasteiger partial charge in [0.15, 0.2) is 0 Å². The summed E-state index contributed by atoms with van der Waals surface area (Å²) in [5.74, 6) is -1.20. The molecule has 0 aliphatic rings. The van der Waals surface area contributed by atoms with Crippen LogP contribution in [0.25, 0.3) is 10.8 Å². The molecule has 9 heteroatoms. The number of anilines is 1. The van der Waals surface area contributed by atoms with Crippen molar-refractivity contribution >= 4 is 28.3 Å². The highest BCUT2D eigenvalue weighted by Gasteiger charge is 2.30. The summed E-state index contributed by atoms with van der Waals surface area (Å²) in [6.07, 6.45) is -3.36. The van der Waals surface area contributed by atoms with Gasteiger partial charge in [-0.15, -0.1) is 0 Å². The molecule has 3 aromatic rings. The zero-order valence-electron chi connectivity index (χ0n) is 15.9. The Morgan fingerprint density at radius 2 is 1.80 bits per heavy atom. The molecule has 2 amide bonds. The summed E-state index contributed by atoms with van der Waals surface area (Å²) >= 11 is 0. The maximum Gasteiger partial charge on any atom is 0.416 e. The molecule has 2 aromatic carbocycles. The average Bonchev–Trinajstić information content (AvgIpc) is 2.67. The Bertz CT molecular complexity index is 1190. The van der Waals surface area contributed by atoms with E-state index < -0.39 is 35.2 Å². The summed E-state index contributed by atoms with van der Waals surface area (Å²) in [6.45, 7) is 1.50. The number of fused-ring (bicyclic) bond motifs is 1. The van der Waals surface area contributed by atoms with Crippen LogP contribution >= 0.6 is 0 Å². The third-order valence-corrected chi connectivity index (χ3v) is 4.69. The molecule has 0 aliphatic carbocycles. The van der Waals surface area contributed by atoms with E-state index in [2.05, 4.69) is 5.32 Å². The second kappa shape index (κ2) is 8.02. The highest BCUT2D eigenvalue weighted by molar-refractivity contribution is 6.02. The van der Waals surface area contributed by atoms with Crippen LogP contribution in [0.3, 0.4) is 0 Å². The number of halogens is 3. The number of carbonyl (C=O) groups is 2. The molecule has 0 fully saturated rings. The molecule has 1 aromatic heterocycles. The number of alkyl halides is 3. The molecule has 3 rings (SSSR count). The third-order valence-electron chi connectivity index (χ3n) is 4.69. The summed E-state index contributed by atoms with van der Waals surface area (Å²) in [5, 5.41) is 3.33. The van der Waals surface area contributed by atoms with Gasteiger partial charge in [0, 0.05) is 22.7 Å². The predicted molar refractivity (Wildman–Crippen MR) is 106 cm³/mol. The Morgan fingerprint density at radius 1 is 1.10 bits per heavy atom. The van der Waals surface area contributed by atoms with Crippen molar-refractivity contribution in [3.8, 4) is 0 Å². The topological polar surface area (TPSA) is 94.2 Å². The molecule has 156 valence electrons. The number of carbonyl (C=O) groups excluding carboxylic acids is 2. The van der Waals surface area contributed by atoms with Crippen molar-refractivity contribution in [3.63, 3.8) is 0 Å². The molecule has 0 spiro atoms. The van der Waals surface area contributed by atoms with Crippen molar-refractivity contribution < 1.29 is 22.8 Å². The standard InChI is InChI=1S/C21H18F3N3O3/c1-12(19(25)29)27-9-8-15-16(20(27)30)6-3-7-17(15)26-18(28)11-13-4-2-5-14(10-13)21(22,23)24/h2-10,12H,11H2,1H3,(H2,25,29)(H,26,28)/t12-/m1/s1. The van der Waals surface area contributed by atoms with Gasteiger partial charge in [-0.05, 0) is 36.8 Å². The lowest BCUT2D eigenvalue weighted by molar-refractivity contribution is -0.137. The Morgan fingerprint density at radius 3 is 2.47 bits per heavy atom. The molecule has 6 nitrogen and oxygen atoms in total. The van der Waals surface area contributed by atoms with Crippen molar-refractivity contribution in [1.82, 2.24) is 4.57 Å². The van der Waals surface area contributed by atoms with Crippen LogP contribution in [0, 0.1) is 0 Å². The minimum Gasteiger partial charge on any atom is -0.368 e. The van der Waals surface area contributed by atoms with E-state index in [-0.39, 0.29) is 17.4 Å². The number of amides is 2. The molecular formula is C21H18F3N3O3. The van der Waals surface area contributed by atoms with E-state index in [0.717, 1.165) is 12.1 Å². The molecule has 0 saturated heterocycles. The fourth-order valence-electron chi connectivity index (χ4n) is 3.08. The maximum absolute atomic E-state index is 12.8. The van der Waals surface area contributed by atoms with Crippen LogP contribution in [0.15, 0.2) is 59.5 Å². The van der Waals surface area contributed by atoms with Crippen molar-refractivity contribution in [2.45, 2.75) is 25.6 Å². The van der Waals surface area contributed by atoms with Gasteiger partial charge in [0.05, 0.1) is 12.0 Å². The number of primary amides is 1. The van der Waals surface area contributed by atoms with Gasteiger partial charge in [-0.1, -0.05) is 24.3 Å². The number of benzene rings is 2. The van der Waals surface area contributed by atoms with Gasteiger partial charge in [-0.3, -0.25) is 14.4 Å². The molecule has 0 unspecified atom stereocenters. The van der Waals surface area contributed by atoms with E-state index in [1.54, 1.807) is 24.3 Å². The quantitative estimate of drug-likeness (QED) is 0.667. The first-order chi connectivity index (χ1) is 14.1. The number of hydrogen-bond donors (Lipinski definition) is 2. The molecule has 1 atom stereocenters. The minimum atomic E-state index is -4.50. The largest absolute Gasteiger partial charge is 0.416 e. The van der Waals surface area contributed by atoms with E-state index in [4.69, 9.17) is 5.73 Å². The Balaban J connectivity index is 1.87. The van der Waals surface area contributed by atoms with Crippen LogP contribution in [0.1, 0.15) is 24.1 Å². The van der Waals surface area contributed by atoms with E-state index in [1.165, 1.54) is 29.8 Å². The molecular weight excluding hydrogens is 399 g/mol. The molecule has 1 heterocycles. The first-order valence-electron chi connectivity index (χ1n) is 8.97. The highest BCUT2D eigenvalue weighted by Crippen LogP contribution is 2.29. The van der Waals surface area contributed by atoms with Crippen molar-refractivity contribution in [1.29, 1.82) is 0 Å². The summed E-state index contributed by atoms with van der Waals surface area (Å²) in [4.78, 5) is 36.5. The SMILES string of the molecule is C[C@H](C(N)=O)n1ccc2c(NC(=O)Cc3cccc(C(F)(F)F)c3)cccc2c1=O. The summed E-state index contributed by atoms with van der Waals surface area (Å²) in [5.41, 5.74) is 4.52. The lowest BCUT2D eigenvalue weighted by atomic mass is 10.1. The normalized spacial score (nSPS) is 12.5. The van der Waals surface area contributed by atoms with Gasteiger partial charge in [0.1, 0.15) is 6.04 Å². The van der Waals surface area contributed by atoms with Crippen molar-refractivity contribution in [2.75, 3.05) is 5.32 Å². The molecule has 0 saturated carbocycles. The maximum atomic E-state index is 12.8. The Labute approximate surface area is 169 Å². The molecule has 0 aliphatic heterocycles. The fraction of sp³-hybridized carbons (Fsp3) is 0.190. The van der Waals surface area contributed by atoms with Gasteiger partial charge in [-0.25, -0.2) is 0 Å². The highest BCUT2D eigenvalue weighted by atomic mass is 19.4. The molecule has 0 bridgehead atoms. The second-order valence-electron chi connectivity index (χ2n) is 6.80. The zero-order valence-corrected chi connectivity index (χ0v) is 15.9. The van der Waals surface area contributed by atoms with E-state index >= 15 is 0 Å². The summed E-state index contributed by atoms with van der Waals surface area (Å²) in [7, 11) is 0. The van der Waals surface area contributed by atoms with Gasteiger partial charge in [0.2, 0.25) is 11.8 Å². The van der Waals surface area contributed by atoms with Gasteiger partial charge >= 0.3 is 6.18 Å². The van der Waals surface area contributed by atoms with E-state index in [1.807, 2.05) is 0 Å². The lowest BCUT2D eigenvalue weighted by Gasteiger charge is -2.14. The van der Waals surface area contributed by atoms with Gasteiger partial charge in [0.25, 0.3) is 5.56 Å². The monoisotopic (exact) mass is 417 g/mol. The summed E-state index contributed by atoms with van der Waals surface area (Å²) < 4.78 is 39.7. The number of nitrogens with one attached hydrogen (secondary N) is 1. The fourth-order valence-corrected chi connectivity index (χ4v) is 3.08. The van der Waals surface area contributed by atoms with Crippen LogP contribution < -0.4 is 16.6 Å². The van der Waals surface area contributed by atoms with Gasteiger partial charge < -0.3 is 15.6 Å². The second-order valence-corrected chi connectivity index (χ2v) is 6.80. The Kier molecular flexibility index (Phi) is 5.64.